The lowest BCUT2D eigenvalue weighted by Gasteiger charge is -2.07. The van der Waals surface area contributed by atoms with Crippen LogP contribution in [0.3, 0.4) is 0 Å². The van der Waals surface area contributed by atoms with E-state index in [0.29, 0.717) is 0 Å². The lowest BCUT2D eigenvalue weighted by atomic mass is 9.99. The smallest absolute Gasteiger partial charge is 0.114 e. The van der Waals surface area contributed by atoms with Crippen molar-refractivity contribution in [2.45, 2.75) is 78.1 Å². The highest BCUT2D eigenvalue weighted by molar-refractivity contribution is 7.19. The van der Waals surface area contributed by atoms with Gasteiger partial charge in [-0.1, -0.05) is 101 Å². The van der Waals surface area contributed by atoms with Gasteiger partial charge in [-0.15, -0.1) is 45.3 Å². The molecule has 318 valence electrons. The van der Waals surface area contributed by atoms with Gasteiger partial charge in [0.2, 0.25) is 0 Å². The Morgan fingerprint density at radius 1 is 0.328 bits per heavy atom. The van der Waals surface area contributed by atoms with Crippen molar-refractivity contribution in [1.29, 1.82) is 0 Å². The number of hydrogen-bond donors (Lipinski definition) is 0. The summed E-state index contributed by atoms with van der Waals surface area (Å²) >= 11 is 10.1. The highest BCUT2D eigenvalue weighted by atomic mass is 32.1. The maximum absolute atomic E-state index is 4.82. The predicted octanol–water partition coefficient (Wildman–Crippen LogP) is 18.5. The number of hydrogen-bond acceptors (Lipinski definition) is 10. The molecule has 0 fully saturated rings. The molecule has 0 aliphatic carbocycles. The first-order chi connectivity index (χ1) is 31.6. The molecule has 0 bridgehead atoms. The summed E-state index contributed by atoms with van der Waals surface area (Å²) in [6, 6.07) is 45.6. The summed E-state index contributed by atoms with van der Waals surface area (Å²) in [7, 11) is 0. The van der Waals surface area contributed by atoms with E-state index in [1.165, 1.54) is 158 Å². The number of rotatable bonds is 16. The molecule has 5 aromatic carbocycles. The number of unbranched alkanes of at least 4 members (excludes halogenated alkanes) is 6. The van der Waals surface area contributed by atoms with E-state index in [9.17, 15) is 0 Å². The van der Waals surface area contributed by atoms with Crippen LogP contribution >= 0.6 is 68.8 Å². The van der Waals surface area contributed by atoms with E-state index in [2.05, 4.69) is 135 Å². The third-order valence-electron chi connectivity index (χ3n) is 12.3. The van der Waals surface area contributed by atoms with Crippen molar-refractivity contribution >= 4 is 112 Å². The lowest BCUT2D eigenvalue weighted by Crippen LogP contribution is -1.82. The number of aryl methyl sites for hydroxylation is 2. The highest BCUT2D eigenvalue weighted by Gasteiger charge is 2.19. The molecule has 0 saturated heterocycles. The molecule has 0 atom stereocenters. The van der Waals surface area contributed by atoms with E-state index in [0.717, 1.165) is 46.0 Å². The molecule has 0 aliphatic rings. The maximum Gasteiger partial charge on any atom is 0.114 e. The van der Waals surface area contributed by atoms with E-state index >= 15 is 0 Å². The minimum Gasteiger partial charge on any atom is -0.172 e. The molecule has 6 heterocycles. The van der Waals surface area contributed by atoms with E-state index in [1.807, 2.05) is 45.3 Å². The van der Waals surface area contributed by atoms with Crippen LogP contribution in [0, 0.1) is 0 Å². The Balaban J connectivity index is 0.817. The molecule has 0 spiro atoms. The minimum atomic E-state index is 0.996. The molecular formula is C54H46N4S6. The standard InChI is InChI=1S/C54H46N4S6/c1-3-5-7-9-11-39-17-23-47(59-39)41-19-21-43(53-51(41)55-63-57-53)49-27-25-45(61-49)35-15-13-33-30-38-32-36(16-14-34(38)29-37(33)31-35)46-26-28-50(62-46)44-22-20-42(52-54(44)58-64-56-52)48-24-18-40(60-48)12-10-8-6-4-2/h13-32H,3-12H2,1-2H3. The van der Waals surface area contributed by atoms with E-state index < -0.39 is 0 Å². The molecule has 10 heteroatoms. The van der Waals surface area contributed by atoms with Crippen LogP contribution in [0.5, 0.6) is 0 Å². The van der Waals surface area contributed by atoms with Crippen molar-refractivity contribution in [2.24, 2.45) is 0 Å². The first kappa shape index (κ1) is 41.7. The van der Waals surface area contributed by atoms with Crippen molar-refractivity contribution < 1.29 is 0 Å². The van der Waals surface area contributed by atoms with Gasteiger partial charge in [0.15, 0.2) is 0 Å². The Hall–Kier alpha value is -4.94. The van der Waals surface area contributed by atoms with Crippen molar-refractivity contribution in [3.05, 3.63) is 131 Å². The fourth-order valence-corrected chi connectivity index (χ4v) is 14.2. The quantitative estimate of drug-likeness (QED) is 0.0715. The molecule has 11 rings (SSSR count). The van der Waals surface area contributed by atoms with Crippen LogP contribution in [0.15, 0.2) is 121 Å². The topological polar surface area (TPSA) is 51.6 Å². The van der Waals surface area contributed by atoms with Crippen LogP contribution in [-0.4, -0.2) is 17.5 Å². The molecule has 0 amide bonds. The Labute approximate surface area is 398 Å². The fourth-order valence-electron chi connectivity index (χ4n) is 8.87. The first-order valence-corrected chi connectivity index (χ1v) is 27.2. The number of fused-ring (bicyclic) bond motifs is 4. The zero-order chi connectivity index (χ0) is 43.0. The Morgan fingerprint density at radius 2 is 0.703 bits per heavy atom. The van der Waals surface area contributed by atoms with Crippen LogP contribution in [0.2, 0.25) is 0 Å². The average Bonchev–Trinajstić information content (AvgIpc) is 4.18. The molecule has 0 aliphatic heterocycles. The van der Waals surface area contributed by atoms with E-state index in [-0.39, 0.29) is 0 Å². The number of nitrogens with zero attached hydrogens (tertiary/aromatic N) is 4. The van der Waals surface area contributed by atoms with Crippen molar-refractivity contribution in [3.8, 4) is 62.6 Å². The van der Waals surface area contributed by atoms with Gasteiger partial charge in [0.1, 0.15) is 22.1 Å². The van der Waals surface area contributed by atoms with Gasteiger partial charge in [0.25, 0.3) is 0 Å². The van der Waals surface area contributed by atoms with Gasteiger partial charge in [0, 0.05) is 61.3 Å². The van der Waals surface area contributed by atoms with Crippen LogP contribution in [0.1, 0.15) is 75.0 Å². The molecule has 4 nitrogen and oxygen atoms in total. The highest BCUT2D eigenvalue weighted by Crippen LogP contribution is 2.44. The van der Waals surface area contributed by atoms with Gasteiger partial charge in [-0.25, -0.2) is 0 Å². The molecule has 11 aromatic rings. The second-order valence-electron chi connectivity index (χ2n) is 16.7. The fraction of sp³-hybridized carbons (Fsp3) is 0.222. The second-order valence-corrected chi connectivity index (χ2v) is 22.3. The summed E-state index contributed by atoms with van der Waals surface area (Å²) in [5, 5.41) is 4.98. The molecule has 6 aromatic heterocycles. The summed E-state index contributed by atoms with van der Waals surface area (Å²) in [4.78, 5) is 10.4. The van der Waals surface area contributed by atoms with Gasteiger partial charge < -0.3 is 0 Å². The van der Waals surface area contributed by atoms with Crippen LogP contribution in [0.25, 0.3) is 106 Å². The molecule has 0 N–H and O–H groups in total. The van der Waals surface area contributed by atoms with Crippen molar-refractivity contribution in [3.63, 3.8) is 0 Å². The third-order valence-corrected chi connectivity index (χ3v) is 18.1. The van der Waals surface area contributed by atoms with Gasteiger partial charge >= 0.3 is 0 Å². The first-order valence-electron chi connectivity index (χ1n) is 22.5. The predicted molar refractivity (Wildman–Crippen MR) is 283 cm³/mol. The SMILES string of the molecule is CCCCCCc1ccc(-c2ccc(-c3ccc(-c4ccc5cc6cc(-c7ccc(-c8ccc(-c9ccc(CCCCCC)s9)c9nsnc89)s7)ccc6cc5c4)s3)c3nsnc23)s1. The Morgan fingerprint density at radius 3 is 1.11 bits per heavy atom. The van der Waals surface area contributed by atoms with E-state index in [1.54, 1.807) is 0 Å². The lowest BCUT2D eigenvalue weighted by molar-refractivity contribution is 0.670. The second kappa shape index (κ2) is 18.5. The molecule has 0 unspecified atom stereocenters. The van der Waals surface area contributed by atoms with Crippen LogP contribution < -0.4 is 0 Å². The minimum absolute atomic E-state index is 0.996. The average molecular weight is 943 g/mol. The van der Waals surface area contributed by atoms with Crippen LogP contribution in [-0.2, 0) is 12.8 Å². The largest absolute Gasteiger partial charge is 0.172 e. The van der Waals surface area contributed by atoms with Crippen LogP contribution in [0.4, 0.5) is 0 Å². The van der Waals surface area contributed by atoms with Gasteiger partial charge in [-0.3, -0.25) is 0 Å². The molecule has 64 heavy (non-hydrogen) atoms. The number of benzene rings is 5. The van der Waals surface area contributed by atoms with E-state index in [4.69, 9.17) is 17.5 Å². The number of aromatic nitrogens is 4. The Kier molecular flexibility index (Phi) is 12.1. The van der Waals surface area contributed by atoms with Gasteiger partial charge in [-0.05, 0) is 131 Å². The third kappa shape index (κ3) is 8.29. The zero-order valence-electron chi connectivity index (χ0n) is 35.9. The van der Waals surface area contributed by atoms with Crippen molar-refractivity contribution in [1.82, 2.24) is 17.5 Å². The number of thiophene rings is 4. The summed E-state index contributed by atoms with van der Waals surface area (Å²) in [5.74, 6) is 0. The molecule has 0 saturated carbocycles. The summed E-state index contributed by atoms with van der Waals surface area (Å²) in [6.45, 7) is 4.54. The maximum atomic E-state index is 4.82. The van der Waals surface area contributed by atoms with Crippen molar-refractivity contribution in [2.75, 3.05) is 0 Å². The zero-order valence-corrected chi connectivity index (χ0v) is 40.8. The van der Waals surface area contributed by atoms with Gasteiger partial charge in [0.05, 0.1) is 23.5 Å². The molecule has 0 radical (unpaired) electrons. The summed E-state index contributed by atoms with van der Waals surface area (Å²) in [5.41, 5.74) is 11.2. The molecular weight excluding hydrogens is 897 g/mol. The Bertz CT molecular complexity index is 3180. The summed E-state index contributed by atoms with van der Waals surface area (Å²) in [6.07, 6.45) is 12.6. The monoisotopic (exact) mass is 942 g/mol. The summed E-state index contributed by atoms with van der Waals surface area (Å²) < 4.78 is 19.3. The normalized spacial score (nSPS) is 11.9. The van der Waals surface area contributed by atoms with Gasteiger partial charge in [-0.2, -0.15) is 17.5 Å².